The van der Waals surface area contributed by atoms with Crippen molar-refractivity contribution < 1.29 is 19.1 Å². The van der Waals surface area contributed by atoms with Crippen LogP contribution in [0.1, 0.15) is 116 Å². The van der Waals surface area contributed by atoms with Crippen molar-refractivity contribution in [2.24, 2.45) is 62.2 Å². The second-order valence-corrected chi connectivity index (χ2v) is 16.4. The summed E-state index contributed by atoms with van der Waals surface area (Å²) in [7, 11) is 1.40. The Morgan fingerprint density at radius 3 is 2.23 bits per heavy atom. The maximum Gasteiger partial charge on any atom is 0.337 e. The summed E-state index contributed by atoms with van der Waals surface area (Å²) in [4.78, 5) is 43.0. The van der Waals surface area contributed by atoms with Crippen LogP contribution in [0.3, 0.4) is 0 Å². The zero-order valence-corrected chi connectivity index (χ0v) is 27.6. The molecule has 0 saturated heterocycles. The summed E-state index contributed by atoms with van der Waals surface area (Å²) in [5, 5.41) is 0. The molecule has 1 aromatic rings. The highest BCUT2D eigenvalue weighted by Crippen LogP contribution is 2.76. The highest BCUT2D eigenvalue weighted by Gasteiger charge is 2.72. The summed E-state index contributed by atoms with van der Waals surface area (Å²) in [6, 6.07) is 7.55. The molecule has 1 aromatic carbocycles. The number of carbonyl (C=O) groups is 2. The van der Waals surface area contributed by atoms with Crippen LogP contribution in [0.4, 0.5) is 0 Å². The average molecular weight is 586 g/mol. The lowest BCUT2D eigenvalue weighted by atomic mass is 9.32. The van der Waals surface area contributed by atoms with Gasteiger partial charge in [-0.2, -0.15) is 4.99 Å². The van der Waals surface area contributed by atoms with Crippen molar-refractivity contribution in [3.05, 3.63) is 41.5 Å². The number of benzene rings is 1. The number of rotatable bonds is 4. The number of hydrogen-bond acceptors (Lipinski definition) is 5. The third-order valence-electron chi connectivity index (χ3n) is 14.7. The van der Waals surface area contributed by atoms with Crippen LogP contribution in [-0.2, 0) is 14.3 Å². The average Bonchev–Trinajstić information content (AvgIpc) is 3.35. The molecule has 0 spiro atoms. The van der Waals surface area contributed by atoms with Gasteiger partial charge in [-0.25, -0.2) is 9.59 Å². The van der Waals surface area contributed by atoms with E-state index in [0.29, 0.717) is 35.2 Å². The predicted molar refractivity (Wildman–Crippen MR) is 169 cm³/mol. The largest absolute Gasteiger partial charge is 0.465 e. The van der Waals surface area contributed by atoms with Crippen molar-refractivity contribution >= 4 is 23.4 Å². The van der Waals surface area contributed by atoms with Gasteiger partial charge < -0.3 is 4.74 Å². The Balaban J connectivity index is 1.39. The molecule has 43 heavy (non-hydrogen) atoms. The highest BCUT2D eigenvalue weighted by atomic mass is 16.5. The summed E-state index contributed by atoms with van der Waals surface area (Å²) in [6.07, 6.45) is 12.5. The Labute approximate surface area is 258 Å². The molecule has 5 aliphatic carbocycles. The molecular formula is C38H51NO4. The van der Waals surface area contributed by atoms with Crippen molar-refractivity contribution in [2.75, 3.05) is 7.11 Å². The standard InChI is InChI=1S/C38H51NO4/c1-23(2)26-15-18-38(39-22-40)20-19-35(5)27(32(26)38)13-14-30-36(35,6)17-16-29-34(3,4)28(21-31(41)37(29,30)7)24-9-11-25(12-10-24)33(42)43-8/h9-12,21,23,26-27,29-30,32H,13-20H2,1-8H3/t26-,27+,29-,30-,32+,35+,36+,37-,38-/m0/s1. The molecule has 5 heteroatoms. The van der Waals surface area contributed by atoms with Gasteiger partial charge in [-0.15, -0.1) is 0 Å². The molecule has 4 fully saturated rings. The third-order valence-corrected chi connectivity index (χ3v) is 14.7. The van der Waals surface area contributed by atoms with Gasteiger partial charge in [0, 0.05) is 5.41 Å². The molecule has 5 aliphatic rings. The number of allylic oxidation sites excluding steroid dienone is 2. The van der Waals surface area contributed by atoms with E-state index in [0.717, 1.165) is 62.5 Å². The molecule has 0 N–H and O–H groups in total. The quantitative estimate of drug-likeness (QED) is 0.202. The van der Waals surface area contributed by atoms with Gasteiger partial charge in [0.2, 0.25) is 6.08 Å². The first-order valence-electron chi connectivity index (χ1n) is 16.8. The molecule has 0 aromatic heterocycles. The summed E-state index contributed by atoms with van der Waals surface area (Å²) in [5.41, 5.74) is 1.90. The zero-order valence-electron chi connectivity index (χ0n) is 27.6. The van der Waals surface area contributed by atoms with E-state index in [4.69, 9.17) is 4.74 Å². The first-order valence-corrected chi connectivity index (χ1v) is 16.8. The van der Waals surface area contributed by atoms with E-state index < -0.39 is 5.41 Å². The van der Waals surface area contributed by atoms with Crippen LogP contribution in [0, 0.1) is 57.2 Å². The van der Waals surface area contributed by atoms with Crippen LogP contribution in [0.25, 0.3) is 5.57 Å². The van der Waals surface area contributed by atoms with Gasteiger partial charge in [0.05, 0.1) is 18.2 Å². The Bertz CT molecular complexity index is 1400. The molecular weight excluding hydrogens is 534 g/mol. The smallest absolute Gasteiger partial charge is 0.337 e. The number of ether oxygens (including phenoxy) is 1. The molecule has 232 valence electrons. The van der Waals surface area contributed by atoms with Crippen LogP contribution in [0.5, 0.6) is 0 Å². The van der Waals surface area contributed by atoms with Crippen molar-refractivity contribution in [3.8, 4) is 0 Å². The molecule has 0 heterocycles. The monoisotopic (exact) mass is 585 g/mol. The topological polar surface area (TPSA) is 72.8 Å². The number of aliphatic imine (C=N–C) groups is 1. The normalized spacial score (nSPS) is 43.0. The van der Waals surface area contributed by atoms with Gasteiger partial charge in [-0.05, 0) is 132 Å². The van der Waals surface area contributed by atoms with E-state index in [1.165, 1.54) is 7.11 Å². The molecule has 9 atom stereocenters. The van der Waals surface area contributed by atoms with E-state index in [2.05, 4.69) is 53.5 Å². The summed E-state index contributed by atoms with van der Waals surface area (Å²) >= 11 is 0. The first-order chi connectivity index (χ1) is 20.2. The number of isocyanates is 1. The number of fused-ring (bicyclic) bond motifs is 7. The van der Waals surface area contributed by atoms with Gasteiger partial charge in [0.15, 0.2) is 5.78 Å². The summed E-state index contributed by atoms with van der Waals surface area (Å²) < 4.78 is 4.90. The molecule has 6 rings (SSSR count). The van der Waals surface area contributed by atoms with E-state index in [1.54, 1.807) is 0 Å². The lowest BCUT2D eigenvalue weighted by Gasteiger charge is -2.71. The van der Waals surface area contributed by atoms with Gasteiger partial charge >= 0.3 is 5.97 Å². The van der Waals surface area contributed by atoms with Crippen LogP contribution in [-0.4, -0.2) is 30.5 Å². The number of carbonyl (C=O) groups excluding carboxylic acids is 3. The van der Waals surface area contributed by atoms with E-state index in [9.17, 15) is 14.4 Å². The minimum atomic E-state index is -0.428. The Kier molecular flexibility index (Phi) is 7.09. The van der Waals surface area contributed by atoms with Gasteiger partial charge in [-0.3, -0.25) is 4.79 Å². The number of nitrogens with zero attached hydrogens (tertiary/aromatic N) is 1. The molecule has 0 aliphatic heterocycles. The van der Waals surface area contributed by atoms with Gasteiger partial charge in [0.1, 0.15) is 0 Å². The predicted octanol–water partition coefficient (Wildman–Crippen LogP) is 8.47. The Morgan fingerprint density at radius 1 is 0.907 bits per heavy atom. The molecule has 0 radical (unpaired) electrons. The zero-order chi connectivity index (χ0) is 31.2. The fraction of sp³-hybridized carbons (Fsp3) is 0.711. The minimum Gasteiger partial charge on any atom is -0.465 e. The minimum absolute atomic E-state index is 0.0432. The van der Waals surface area contributed by atoms with Crippen molar-refractivity contribution in [1.82, 2.24) is 0 Å². The van der Waals surface area contributed by atoms with Crippen molar-refractivity contribution in [3.63, 3.8) is 0 Å². The van der Waals surface area contributed by atoms with E-state index in [-0.39, 0.29) is 39.5 Å². The van der Waals surface area contributed by atoms with Crippen molar-refractivity contribution in [2.45, 2.75) is 105 Å². The van der Waals surface area contributed by atoms with Gasteiger partial charge in [0.25, 0.3) is 0 Å². The number of methoxy groups -OCH3 is 1. The number of hydrogen-bond donors (Lipinski definition) is 0. The molecule has 0 amide bonds. The van der Waals surface area contributed by atoms with Crippen LogP contribution in [0.15, 0.2) is 35.3 Å². The number of esters is 1. The molecule has 0 bridgehead atoms. The third kappa shape index (κ3) is 3.95. The van der Waals surface area contributed by atoms with Gasteiger partial charge in [-0.1, -0.05) is 60.6 Å². The maximum atomic E-state index is 14.6. The van der Waals surface area contributed by atoms with Crippen LogP contribution in [0.2, 0.25) is 0 Å². The maximum absolute atomic E-state index is 14.6. The lowest BCUT2D eigenvalue weighted by molar-refractivity contribution is -0.216. The summed E-state index contributed by atoms with van der Waals surface area (Å²) in [5.74, 6) is 2.57. The number of ketones is 1. The van der Waals surface area contributed by atoms with Crippen LogP contribution >= 0.6 is 0 Å². The molecule has 5 nitrogen and oxygen atoms in total. The lowest BCUT2D eigenvalue weighted by Crippen LogP contribution is -2.67. The van der Waals surface area contributed by atoms with Crippen molar-refractivity contribution in [1.29, 1.82) is 0 Å². The molecule has 0 unspecified atom stereocenters. The van der Waals surface area contributed by atoms with E-state index in [1.807, 2.05) is 36.4 Å². The first kappa shape index (κ1) is 30.5. The molecule has 4 saturated carbocycles. The SMILES string of the molecule is COC(=O)c1ccc(C2=CC(=O)[C@]3(C)[C@H]4CC[C@@H]5[C@H]6[C@H](C(C)C)CC[C@]6(N=C=O)CC[C@@]5(C)[C@]4(C)CC[C@H]3C2(C)C)cc1. The fourth-order valence-electron chi connectivity index (χ4n) is 12.4. The highest BCUT2D eigenvalue weighted by molar-refractivity contribution is 6.04. The second kappa shape index (κ2) is 9.99. The summed E-state index contributed by atoms with van der Waals surface area (Å²) in [6.45, 7) is 16.8. The second-order valence-electron chi connectivity index (χ2n) is 16.4. The Morgan fingerprint density at radius 2 is 1.60 bits per heavy atom. The van der Waals surface area contributed by atoms with Crippen LogP contribution < -0.4 is 0 Å². The fourth-order valence-corrected chi connectivity index (χ4v) is 12.4. The Hall–Kier alpha value is -2.52. The van der Waals surface area contributed by atoms with E-state index >= 15 is 0 Å².